The summed E-state index contributed by atoms with van der Waals surface area (Å²) in [4.78, 5) is 36.2. The summed E-state index contributed by atoms with van der Waals surface area (Å²) < 4.78 is 5.12. The van der Waals surface area contributed by atoms with Crippen molar-refractivity contribution in [3.8, 4) is 0 Å². The van der Waals surface area contributed by atoms with Crippen LogP contribution in [0.5, 0.6) is 0 Å². The lowest BCUT2D eigenvalue weighted by molar-refractivity contribution is -0.124. The Balaban J connectivity index is 1.91. The number of Topliss-reactive ketones (excluding diaryl/α,β-unsaturated/α-hetero) is 1. The molecule has 0 saturated carbocycles. The Kier molecular flexibility index (Phi) is 7.88. The molecule has 0 aliphatic carbocycles. The average molecular weight is 406 g/mol. The molecule has 0 fully saturated rings. The van der Waals surface area contributed by atoms with Crippen LogP contribution in [0.4, 0.5) is 0 Å². The predicted molar refractivity (Wildman–Crippen MR) is 106 cm³/mol. The van der Waals surface area contributed by atoms with Crippen molar-refractivity contribution in [1.82, 2.24) is 5.32 Å². The van der Waals surface area contributed by atoms with Crippen LogP contribution in [0.3, 0.4) is 0 Å². The summed E-state index contributed by atoms with van der Waals surface area (Å²) in [5.41, 5.74) is 1.19. The van der Waals surface area contributed by atoms with Gasteiger partial charge < -0.3 is 10.1 Å². The number of benzene rings is 2. The molecule has 1 atom stereocenters. The second kappa shape index (κ2) is 10.1. The number of nitrogens with one attached hydrogen (secondary N) is 1. The van der Waals surface area contributed by atoms with Gasteiger partial charge in [0, 0.05) is 9.92 Å². The molecule has 1 amide bonds. The van der Waals surface area contributed by atoms with Crippen molar-refractivity contribution in [2.24, 2.45) is 0 Å². The van der Waals surface area contributed by atoms with Gasteiger partial charge in [-0.2, -0.15) is 0 Å². The maximum atomic E-state index is 12.3. The maximum absolute atomic E-state index is 12.3. The van der Waals surface area contributed by atoms with Crippen molar-refractivity contribution in [2.75, 3.05) is 12.4 Å². The van der Waals surface area contributed by atoms with Crippen LogP contribution in [-0.2, 0) is 14.3 Å². The monoisotopic (exact) mass is 405 g/mol. The van der Waals surface area contributed by atoms with E-state index in [0.29, 0.717) is 15.5 Å². The molecule has 0 radical (unpaired) electrons. The maximum Gasteiger partial charge on any atom is 0.339 e. The number of carbonyl (C=O) groups excluding carboxylic acids is 3. The molecule has 27 heavy (non-hydrogen) atoms. The van der Waals surface area contributed by atoms with E-state index in [4.69, 9.17) is 16.3 Å². The average Bonchev–Trinajstić information content (AvgIpc) is 2.64. The standard InChI is InChI=1S/C20H20ClNO4S/c1-13(23)12-27-18-9-4-3-8-17(18)20(25)26-11-19(24)22-14(2)15-6-5-7-16(21)10-15/h3-10,14H,11-12H2,1-2H3,(H,22,24)/t14-/m0/s1. The highest BCUT2D eigenvalue weighted by Crippen LogP contribution is 2.23. The van der Waals surface area contributed by atoms with Crippen LogP contribution < -0.4 is 5.32 Å². The lowest BCUT2D eigenvalue weighted by Crippen LogP contribution is -2.31. The Hall–Kier alpha value is -2.31. The molecule has 5 nitrogen and oxygen atoms in total. The van der Waals surface area contributed by atoms with Crippen molar-refractivity contribution >= 4 is 41.0 Å². The topological polar surface area (TPSA) is 72.5 Å². The second-order valence-corrected chi connectivity index (χ2v) is 7.36. The largest absolute Gasteiger partial charge is 0.452 e. The van der Waals surface area contributed by atoms with E-state index in [1.807, 2.05) is 13.0 Å². The summed E-state index contributed by atoms with van der Waals surface area (Å²) >= 11 is 7.21. The highest BCUT2D eigenvalue weighted by molar-refractivity contribution is 8.00. The summed E-state index contributed by atoms with van der Waals surface area (Å²) in [6.45, 7) is 2.91. The molecule has 2 aromatic carbocycles. The number of halogens is 1. The smallest absolute Gasteiger partial charge is 0.339 e. The van der Waals surface area contributed by atoms with Crippen molar-refractivity contribution in [3.05, 3.63) is 64.7 Å². The van der Waals surface area contributed by atoms with Gasteiger partial charge in [0.05, 0.1) is 17.4 Å². The third-order valence-electron chi connectivity index (χ3n) is 3.60. The molecule has 142 valence electrons. The second-order valence-electron chi connectivity index (χ2n) is 5.91. The summed E-state index contributed by atoms with van der Waals surface area (Å²) in [7, 11) is 0. The minimum Gasteiger partial charge on any atom is -0.452 e. The number of hydrogen-bond donors (Lipinski definition) is 1. The molecular formula is C20H20ClNO4S. The van der Waals surface area contributed by atoms with Gasteiger partial charge in [-0.05, 0) is 43.7 Å². The fraction of sp³-hybridized carbons (Fsp3) is 0.250. The number of ether oxygens (including phenoxy) is 1. The van der Waals surface area contributed by atoms with Crippen molar-refractivity contribution in [2.45, 2.75) is 24.8 Å². The van der Waals surface area contributed by atoms with Gasteiger partial charge in [0.2, 0.25) is 0 Å². The lowest BCUT2D eigenvalue weighted by atomic mass is 10.1. The third-order valence-corrected chi connectivity index (χ3v) is 5.05. The number of esters is 1. The van der Waals surface area contributed by atoms with Crippen molar-refractivity contribution in [3.63, 3.8) is 0 Å². The fourth-order valence-corrected chi connectivity index (χ4v) is 3.33. The van der Waals surface area contributed by atoms with E-state index >= 15 is 0 Å². The van der Waals surface area contributed by atoms with Crippen molar-refractivity contribution in [1.29, 1.82) is 0 Å². The van der Waals surface area contributed by atoms with E-state index < -0.39 is 18.5 Å². The van der Waals surface area contributed by atoms with Gasteiger partial charge in [-0.1, -0.05) is 35.9 Å². The normalized spacial score (nSPS) is 11.5. The molecule has 0 bridgehead atoms. The van der Waals surface area contributed by atoms with Crippen LogP contribution in [0.25, 0.3) is 0 Å². The van der Waals surface area contributed by atoms with Crippen LogP contribution >= 0.6 is 23.4 Å². The first-order chi connectivity index (χ1) is 12.9. The zero-order valence-electron chi connectivity index (χ0n) is 15.0. The fourth-order valence-electron chi connectivity index (χ4n) is 2.29. The molecule has 0 spiro atoms. The molecule has 7 heteroatoms. The summed E-state index contributed by atoms with van der Waals surface area (Å²) in [5, 5.41) is 3.34. The Morgan fingerprint density at radius 2 is 1.89 bits per heavy atom. The van der Waals surface area contributed by atoms with Crippen LogP contribution in [0.15, 0.2) is 53.4 Å². The van der Waals surface area contributed by atoms with E-state index in [2.05, 4.69) is 5.32 Å². The Morgan fingerprint density at radius 3 is 2.59 bits per heavy atom. The van der Waals surface area contributed by atoms with Gasteiger partial charge in [-0.15, -0.1) is 11.8 Å². The van der Waals surface area contributed by atoms with Crippen LogP contribution in [-0.4, -0.2) is 30.0 Å². The zero-order valence-corrected chi connectivity index (χ0v) is 16.6. The van der Waals surface area contributed by atoms with Gasteiger partial charge in [0.25, 0.3) is 5.91 Å². The van der Waals surface area contributed by atoms with E-state index in [1.54, 1.807) is 42.5 Å². The lowest BCUT2D eigenvalue weighted by Gasteiger charge is -2.15. The number of amides is 1. The zero-order chi connectivity index (χ0) is 19.8. The summed E-state index contributed by atoms with van der Waals surface area (Å²) in [5.74, 6) is -0.739. The Bertz CT molecular complexity index is 840. The first kappa shape index (κ1) is 21.0. The quantitative estimate of drug-likeness (QED) is 0.529. The number of hydrogen-bond acceptors (Lipinski definition) is 5. The molecular weight excluding hydrogens is 386 g/mol. The molecule has 0 aromatic heterocycles. The SMILES string of the molecule is CC(=O)CSc1ccccc1C(=O)OCC(=O)N[C@@H](C)c1cccc(Cl)c1. The number of rotatable bonds is 8. The molecule has 0 heterocycles. The van der Waals surface area contributed by atoms with Crippen molar-refractivity contribution < 1.29 is 19.1 Å². The highest BCUT2D eigenvalue weighted by Gasteiger charge is 2.16. The summed E-state index contributed by atoms with van der Waals surface area (Å²) in [6.07, 6.45) is 0. The molecule has 0 aliphatic rings. The first-order valence-electron chi connectivity index (χ1n) is 8.30. The number of carbonyl (C=O) groups is 3. The van der Waals surface area contributed by atoms with E-state index in [-0.39, 0.29) is 17.6 Å². The van der Waals surface area contributed by atoms with Gasteiger partial charge in [-0.25, -0.2) is 4.79 Å². The molecule has 0 unspecified atom stereocenters. The highest BCUT2D eigenvalue weighted by atomic mass is 35.5. The van der Waals surface area contributed by atoms with E-state index in [9.17, 15) is 14.4 Å². The van der Waals surface area contributed by atoms with Gasteiger partial charge >= 0.3 is 5.97 Å². The van der Waals surface area contributed by atoms with Gasteiger partial charge in [0.15, 0.2) is 6.61 Å². The minimum atomic E-state index is -0.604. The molecule has 0 saturated heterocycles. The summed E-state index contributed by atoms with van der Waals surface area (Å²) in [6, 6.07) is 13.7. The van der Waals surface area contributed by atoms with E-state index in [0.717, 1.165) is 5.56 Å². The number of thioether (sulfide) groups is 1. The minimum absolute atomic E-state index is 0.0116. The molecule has 2 aromatic rings. The molecule has 0 aliphatic heterocycles. The van der Waals surface area contributed by atoms with Gasteiger partial charge in [0.1, 0.15) is 5.78 Å². The van der Waals surface area contributed by atoms with E-state index in [1.165, 1.54) is 18.7 Å². The molecule has 1 N–H and O–H groups in total. The Labute approximate surface area is 167 Å². The Morgan fingerprint density at radius 1 is 1.15 bits per heavy atom. The van der Waals surface area contributed by atoms with Gasteiger partial charge in [-0.3, -0.25) is 9.59 Å². The van der Waals surface area contributed by atoms with Crippen LogP contribution in [0.2, 0.25) is 5.02 Å². The van der Waals surface area contributed by atoms with Crippen LogP contribution in [0, 0.1) is 0 Å². The number of ketones is 1. The third kappa shape index (κ3) is 6.73. The van der Waals surface area contributed by atoms with Crippen LogP contribution in [0.1, 0.15) is 35.8 Å². The molecule has 2 rings (SSSR count). The first-order valence-corrected chi connectivity index (χ1v) is 9.66. The predicted octanol–water partition coefficient (Wildman–Crippen LogP) is 4.06.